The molecule has 1 unspecified atom stereocenters. The van der Waals surface area contributed by atoms with Gasteiger partial charge in [-0.25, -0.2) is 0 Å². The zero-order valence-electron chi connectivity index (χ0n) is 10.2. The lowest BCUT2D eigenvalue weighted by Gasteiger charge is -2.14. The molecule has 7 nitrogen and oxygen atoms in total. The van der Waals surface area contributed by atoms with Crippen molar-refractivity contribution in [2.45, 2.75) is 6.42 Å². The second kappa shape index (κ2) is 5.35. The third-order valence-electron chi connectivity index (χ3n) is 3.02. The van der Waals surface area contributed by atoms with Gasteiger partial charge < -0.3 is 9.64 Å². The fourth-order valence-corrected chi connectivity index (χ4v) is 2.72. The number of nitro groups is 1. The Hall–Kier alpha value is -1.96. The van der Waals surface area contributed by atoms with Crippen LogP contribution in [0.25, 0.3) is 0 Å². The summed E-state index contributed by atoms with van der Waals surface area (Å²) in [5.41, 5.74) is 0.294. The normalized spacial score (nSPS) is 18.4. The van der Waals surface area contributed by atoms with Gasteiger partial charge in [-0.15, -0.1) is 0 Å². The molecule has 0 aromatic carbocycles. The second-order valence-corrected chi connectivity index (χ2v) is 5.08. The highest BCUT2D eigenvalue weighted by Gasteiger charge is 2.32. The first-order valence-corrected chi connectivity index (χ1v) is 6.51. The Morgan fingerprint density at radius 2 is 2.32 bits per heavy atom. The van der Waals surface area contributed by atoms with Gasteiger partial charge in [-0.2, -0.15) is 0 Å². The van der Waals surface area contributed by atoms with Crippen molar-refractivity contribution in [1.82, 2.24) is 4.90 Å². The summed E-state index contributed by atoms with van der Waals surface area (Å²) < 4.78 is 4.64. The highest BCUT2D eigenvalue weighted by molar-refractivity contribution is 7.13. The molecule has 0 spiro atoms. The Morgan fingerprint density at radius 1 is 1.58 bits per heavy atom. The number of likely N-dealkylation sites (tertiary alicyclic amines) is 1. The van der Waals surface area contributed by atoms with Gasteiger partial charge in [0.15, 0.2) is 0 Å². The van der Waals surface area contributed by atoms with Crippen molar-refractivity contribution < 1.29 is 19.2 Å². The fraction of sp³-hybridized carbons (Fsp3) is 0.455. The van der Waals surface area contributed by atoms with E-state index >= 15 is 0 Å². The van der Waals surface area contributed by atoms with Crippen LogP contribution < -0.4 is 0 Å². The molecule has 1 aromatic rings. The molecule has 2 rings (SSSR count). The lowest BCUT2D eigenvalue weighted by molar-refractivity contribution is -0.380. The molecule has 1 aromatic heterocycles. The number of rotatable bonds is 3. The molecule has 102 valence electrons. The Bertz CT molecular complexity index is 527. The molecule has 0 N–H and O–H groups in total. The smallest absolute Gasteiger partial charge is 0.324 e. The van der Waals surface area contributed by atoms with E-state index in [4.69, 9.17) is 0 Å². The van der Waals surface area contributed by atoms with E-state index in [1.807, 2.05) is 0 Å². The van der Waals surface area contributed by atoms with E-state index in [-0.39, 0.29) is 22.8 Å². The number of carbonyl (C=O) groups excluding carboxylic acids is 2. The second-order valence-electron chi connectivity index (χ2n) is 4.19. The minimum atomic E-state index is -0.525. The number of nitrogens with zero attached hydrogens (tertiary/aromatic N) is 2. The molecule has 0 radical (unpaired) electrons. The molecule has 2 heterocycles. The van der Waals surface area contributed by atoms with Crippen LogP contribution in [-0.2, 0) is 9.53 Å². The van der Waals surface area contributed by atoms with E-state index in [0.29, 0.717) is 25.1 Å². The van der Waals surface area contributed by atoms with Gasteiger partial charge >= 0.3 is 11.0 Å². The molecular weight excluding hydrogens is 272 g/mol. The van der Waals surface area contributed by atoms with Crippen molar-refractivity contribution >= 4 is 28.2 Å². The zero-order valence-corrected chi connectivity index (χ0v) is 11.0. The highest BCUT2D eigenvalue weighted by Crippen LogP contribution is 2.26. The molecule has 19 heavy (non-hydrogen) atoms. The van der Waals surface area contributed by atoms with Gasteiger partial charge in [-0.05, 0) is 6.42 Å². The Morgan fingerprint density at radius 3 is 2.89 bits per heavy atom. The maximum atomic E-state index is 12.1. The molecule has 1 aliphatic rings. The maximum absolute atomic E-state index is 12.1. The summed E-state index contributed by atoms with van der Waals surface area (Å²) in [7, 11) is 1.31. The summed E-state index contributed by atoms with van der Waals surface area (Å²) in [6.07, 6.45) is 0.560. The van der Waals surface area contributed by atoms with Gasteiger partial charge in [-0.3, -0.25) is 19.7 Å². The molecule has 1 saturated heterocycles. The average Bonchev–Trinajstić information content (AvgIpc) is 3.05. The van der Waals surface area contributed by atoms with Crippen LogP contribution in [-0.4, -0.2) is 41.9 Å². The van der Waals surface area contributed by atoms with Crippen molar-refractivity contribution in [3.63, 3.8) is 0 Å². The highest BCUT2D eigenvalue weighted by atomic mass is 32.1. The van der Waals surface area contributed by atoms with Crippen molar-refractivity contribution in [3.05, 3.63) is 27.1 Å². The van der Waals surface area contributed by atoms with E-state index in [1.54, 1.807) is 0 Å². The number of methoxy groups -OCH3 is 1. The number of thiophene rings is 1. The van der Waals surface area contributed by atoms with Gasteiger partial charge in [0.2, 0.25) is 0 Å². The van der Waals surface area contributed by atoms with Gasteiger partial charge in [0.05, 0.1) is 23.5 Å². The fourth-order valence-electron chi connectivity index (χ4n) is 2.02. The van der Waals surface area contributed by atoms with Gasteiger partial charge in [0.25, 0.3) is 5.91 Å². The van der Waals surface area contributed by atoms with Crippen LogP contribution in [0, 0.1) is 16.0 Å². The van der Waals surface area contributed by atoms with Crippen LogP contribution in [0.1, 0.15) is 16.8 Å². The van der Waals surface area contributed by atoms with Gasteiger partial charge in [0, 0.05) is 24.5 Å². The van der Waals surface area contributed by atoms with E-state index in [9.17, 15) is 19.7 Å². The number of carbonyl (C=O) groups is 2. The number of ether oxygens (including phenoxy) is 1. The lowest BCUT2D eigenvalue weighted by atomic mass is 10.1. The molecule has 1 aliphatic heterocycles. The van der Waals surface area contributed by atoms with E-state index in [1.165, 1.54) is 23.5 Å². The summed E-state index contributed by atoms with van der Waals surface area (Å²) in [6, 6.07) is 1.26. The lowest BCUT2D eigenvalue weighted by Crippen LogP contribution is -2.29. The summed E-state index contributed by atoms with van der Waals surface area (Å²) in [5, 5.41) is 12.0. The Labute approximate surface area is 112 Å². The van der Waals surface area contributed by atoms with E-state index < -0.39 is 4.92 Å². The third kappa shape index (κ3) is 2.73. The van der Waals surface area contributed by atoms with E-state index in [2.05, 4.69) is 4.74 Å². The van der Waals surface area contributed by atoms with Gasteiger partial charge in [0.1, 0.15) is 0 Å². The number of amides is 1. The molecule has 1 amide bonds. The standard InChI is InChI=1S/C11H12N2O5S/c1-18-11(15)7-2-3-12(5-7)10(14)8-4-9(13(16)17)19-6-8/h4,6-7H,2-3,5H2,1H3. The molecule has 1 atom stereocenters. The van der Waals surface area contributed by atoms with Crippen molar-refractivity contribution in [2.24, 2.45) is 5.92 Å². The number of hydrogen-bond acceptors (Lipinski definition) is 6. The third-order valence-corrected chi connectivity index (χ3v) is 3.90. The summed E-state index contributed by atoms with van der Waals surface area (Å²) in [6.45, 7) is 0.761. The van der Waals surface area contributed by atoms with Crippen molar-refractivity contribution in [3.8, 4) is 0 Å². The minimum absolute atomic E-state index is 0.0629. The van der Waals surface area contributed by atoms with Crippen LogP contribution in [0.15, 0.2) is 11.4 Å². The van der Waals surface area contributed by atoms with Crippen molar-refractivity contribution in [2.75, 3.05) is 20.2 Å². The molecular formula is C11H12N2O5S. The average molecular weight is 284 g/mol. The largest absolute Gasteiger partial charge is 0.469 e. The van der Waals surface area contributed by atoms with Gasteiger partial charge in [-0.1, -0.05) is 11.3 Å². The predicted octanol–water partition coefficient (Wildman–Crippen LogP) is 1.29. The maximum Gasteiger partial charge on any atom is 0.324 e. The molecule has 0 bridgehead atoms. The van der Waals surface area contributed by atoms with Crippen molar-refractivity contribution in [1.29, 1.82) is 0 Å². The summed E-state index contributed by atoms with van der Waals surface area (Å²) >= 11 is 0.918. The Kier molecular flexibility index (Phi) is 3.79. The SMILES string of the molecule is COC(=O)C1CCN(C(=O)c2csc([N+](=O)[O-])c2)C1. The summed E-state index contributed by atoms with van der Waals surface area (Å²) in [4.78, 5) is 35.0. The first-order valence-electron chi connectivity index (χ1n) is 5.63. The molecule has 8 heteroatoms. The number of hydrogen-bond donors (Lipinski definition) is 0. The monoisotopic (exact) mass is 284 g/mol. The predicted molar refractivity (Wildman–Crippen MR) is 67.0 cm³/mol. The van der Waals surface area contributed by atoms with Crippen LogP contribution in [0.5, 0.6) is 0 Å². The van der Waals surface area contributed by atoms with Crippen LogP contribution in [0.2, 0.25) is 0 Å². The Balaban J connectivity index is 2.04. The first-order chi connectivity index (χ1) is 9.02. The molecule has 1 fully saturated rings. The quantitative estimate of drug-likeness (QED) is 0.474. The first kappa shape index (κ1) is 13.5. The minimum Gasteiger partial charge on any atom is -0.469 e. The zero-order chi connectivity index (χ0) is 14.0. The van der Waals surface area contributed by atoms with E-state index in [0.717, 1.165) is 11.3 Å². The number of esters is 1. The molecule has 0 aliphatic carbocycles. The van der Waals surface area contributed by atoms with Crippen LogP contribution in [0.4, 0.5) is 5.00 Å². The summed E-state index contributed by atoms with van der Waals surface area (Å²) in [5.74, 6) is -0.912. The topological polar surface area (TPSA) is 89.8 Å². The van der Waals surface area contributed by atoms with Crippen LogP contribution in [0.3, 0.4) is 0 Å². The molecule has 0 saturated carbocycles. The van der Waals surface area contributed by atoms with Crippen LogP contribution >= 0.6 is 11.3 Å².